The number of amides is 2. The summed E-state index contributed by atoms with van der Waals surface area (Å²) < 4.78 is 0. The Morgan fingerprint density at radius 1 is 0.694 bits per heavy atom. The first-order valence-corrected chi connectivity index (χ1v) is 11.6. The van der Waals surface area contributed by atoms with Crippen molar-refractivity contribution in [2.45, 2.75) is 12.5 Å². The van der Waals surface area contributed by atoms with E-state index in [1.165, 1.54) is 0 Å². The number of carbonyl (C=O) groups excluding carboxylic acids is 3. The van der Waals surface area contributed by atoms with Crippen LogP contribution in [0.15, 0.2) is 103 Å². The summed E-state index contributed by atoms with van der Waals surface area (Å²) in [5, 5.41) is 4.21. The van der Waals surface area contributed by atoms with Crippen LogP contribution in [-0.4, -0.2) is 28.6 Å². The molecule has 0 bridgehead atoms. The first-order valence-electron chi connectivity index (χ1n) is 11.6. The van der Waals surface area contributed by atoms with Crippen LogP contribution in [-0.2, 0) is 11.2 Å². The Bertz CT molecular complexity index is 1540. The molecule has 5 rings (SSSR count). The second-order valence-corrected chi connectivity index (χ2v) is 8.55. The van der Waals surface area contributed by atoms with Gasteiger partial charge in [0.1, 0.15) is 6.04 Å². The lowest BCUT2D eigenvalue weighted by atomic mass is 9.98. The molecule has 0 aliphatic carbocycles. The maximum atomic E-state index is 13.5. The molecule has 1 heterocycles. The van der Waals surface area contributed by atoms with Crippen LogP contribution >= 0.6 is 0 Å². The molecule has 36 heavy (non-hydrogen) atoms. The third-order valence-corrected chi connectivity index (χ3v) is 6.16. The van der Waals surface area contributed by atoms with Gasteiger partial charge in [-0.05, 0) is 17.7 Å². The van der Waals surface area contributed by atoms with E-state index >= 15 is 0 Å². The number of fused-ring (bicyclic) bond motifs is 2. The number of aromatic nitrogens is 1. The van der Waals surface area contributed by atoms with Crippen molar-refractivity contribution in [1.82, 2.24) is 10.3 Å². The van der Waals surface area contributed by atoms with Gasteiger partial charge in [-0.15, -0.1) is 0 Å². The molecule has 0 unspecified atom stereocenters. The maximum absolute atomic E-state index is 13.5. The molecule has 1 atom stereocenters. The van der Waals surface area contributed by atoms with Gasteiger partial charge in [-0.1, -0.05) is 91.0 Å². The lowest BCUT2D eigenvalue weighted by molar-refractivity contribution is -0.119. The number of hydrogen-bond donors (Lipinski definition) is 2. The number of nitrogens with one attached hydrogen (secondary N) is 1. The zero-order chi connectivity index (χ0) is 25.1. The summed E-state index contributed by atoms with van der Waals surface area (Å²) in [5.74, 6) is -1.13. The van der Waals surface area contributed by atoms with Crippen molar-refractivity contribution in [3.05, 3.63) is 125 Å². The number of nitrogens with two attached hydrogens (primary N) is 1. The largest absolute Gasteiger partial charge is 0.368 e. The molecule has 0 aliphatic rings. The number of para-hydroxylation sites is 2. The SMILES string of the molecule is NC(=O)[C@H](Cc1ccc(C(=O)c2ccccc2)cc1)NC(=O)c1c2ccccc2nc2ccccc12. The molecule has 5 aromatic rings. The summed E-state index contributed by atoms with van der Waals surface area (Å²) in [5.41, 5.74) is 9.42. The lowest BCUT2D eigenvalue weighted by Crippen LogP contribution is -2.46. The predicted octanol–water partition coefficient (Wildman–Crippen LogP) is 4.45. The lowest BCUT2D eigenvalue weighted by Gasteiger charge is -2.18. The molecule has 0 saturated heterocycles. The van der Waals surface area contributed by atoms with Gasteiger partial charge in [0.05, 0.1) is 16.6 Å². The van der Waals surface area contributed by atoms with Gasteiger partial charge in [-0.3, -0.25) is 14.4 Å². The third-order valence-electron chi connectivity index (χ3n) is 6.16. The Labute approximate surface area is 207 Å². The van der Waals surface area contributed by atoms with E-state index in [0.717, 1.165) is 5.56 Å². The van der Waals surface area contributed by atoms with Crippen LogP contribution in [0.3, 0.4) is 0 Å². The van der Waals surface area contributed by atoms with E-state index in [9.17, 15) is 14.4 Å². The Kier molecular flexibility index (Phi) is 6.24. The minimum absolute atomic E-state index is 0.0849. The summed E-state index contributed by atoms with van der Waals surface area (Å²) in [6, 6.07) is 29.9. The van der Waals surface area contributed by atoms with Gasteiger partial charge in [-0.25, -0.2) is 4.98 Å². The topological polar surface area (TPSA) is 102 Å². The average molecular weight is 474 g/mol. The molecule has 176 valence electrons. The summed E-state index contributed by atoms with van der Waals surface area (Å²) in [6.45, 7) is 0. The van der Waals surface area contributed by atoms with Gasteiger partial charge in [0.15, 0.2) is 5.78 Å². The van der Waals surface area contributed by atoms with Gasteiger partial charge in [0, 0.05) is 28.3 Å². The molecule has 0 saturated carbocycles. The fourth-order valence-electron chi connectivity index (χ4n) is 4.32. The van der Waals surface area contributed by atoms with Gasteiger partial charge in [0.2, 0.25) is 5.91 Å². The molecule has 0 spiro atoms. The number of nitrogens with zero attached hydrogens (tertiary/aromatic N) is 1. The van der Waals surface area contributed by atoms with Gasteiger partial charge >= 0.3 is 0 Å². The highest BCUT2D eigenvalue weighted by atomic mass is 16.2. The van der Waals surface area contributed by atoms with Gasteiger partial charge in [0.25, 0.3) is 5.91 Å². The second kappa shape index (κ2) is 9.80. The Morgan fingerprint density at radius 3 is 1.81 bits per heavy atom. The summed E-state index contributed by atoms with van der Waals surface area (Å²) in [4.78, 5) is 43.1. The monoisotopic (exact) mass is 473 g/mol. The molecule has 0 aliphatic heterocycles. The first kappa shape index (κ1) is 22.9. The third kappa shape index (κ3) is 4.57. The van der Waals surface area contributed by atoms with Crippen LogP contribution < -0.4 is 11.1 Å². The van der Waals surface area contributed by atoms with E-state index in [0.29, 0.717) is 38.5 Å². The number of rotatable bonds is 7. The Balaban J connectivity index is 1.40. The van der Waals surface area contributed by atoms with Crippen LogP contribution in [0.5, 0.6) is 0 Å². The molecule has 6 nitrogen and oxygen atoms in total. The maximum Gasteiger partial charge on any atom is 0.253 e. The molecule has 4 aromatic carbocycles. The number of benzene rings is 4. The number of hydrogen-bond acceptors (Lipinski definition) is 4. The number of primary amides is 1. The molecule has 3 N–H and O–H groups in total. The van der Waals surface area contributed by atoms with Crippen LogP contribution in [0.2, 0.25) is 0 Å². The zero-order valence-corrected chi connectivity index (χ0v) is 19.3. The quantitative estimate of drug-likeness (QED) is 0.269. The standard InChI is InChI=1S/C30H23N3O3/c31-29(35)26(18-19-14-16-21(17-15-19)28(34)20-8-2-1-3-9-20)33-30(36)27-22-10-4-6-12-24(22)32-25-13-7-5-11-23(25)27/h1-17,26H,18H2,(H2,31,35)(H,33,36)/t26-/m0/s1. The molecule has 0 radical (unpaired) electrons. The van der Waals surface area contributed by atoms with Gasteiger partial charge < -0.3 is 11.1 Å². The second-order valence-electron chi connectivity index (χ2n) is 8.55. The minimum Gasteiger partial charge on any atom is -0.368 e. The van der Waals surface area contributed by atoms with Crippen LogP contribution in [0.1, 0.15) is 31.8 Å². The van der Waals surface area contributed by atoms with Crippen LogP contribution in [0.4, 0.5) is 0 Å². The highest BCUT2D eigenvalue weighted by Crippen LogP contribution is 2.26. The number of ketones is 1. The number of carbonyl (C=O) groups is 3. The highest BCUT2D eigenvalue weighted by Gasteiger charge is 2.23. The average Bonchev–Trinajstić information content (AvgIpc) is 2.91. The number of pyridine rings is 1. The molecular weight excluding hydrogens is 450 g/mol. The van der Waals surface area contributed by atoms with Crippen molar-refractivity contribution in [3.8, 4) is 0 Å². The van der Waals surface area contributed by atoms with Crippen molar-refractivity contribution in [1.29, 1.82) is 0 Å². The van der Waals surface area contributed by atoms with Crippen molar-refractivity contribution in [2.24, 2.45) is 5.73 Å². The molecule has 6 heteroatoms. The Hall–Kier alpha value is -4.84. The van der Waals surface area contributed by atoms with E-state index in [-0.39, 0.29) is 12.2 Å². The van der Waals surface area contributed by atoms with E-state index < -0.39 is 17.9 Å². The summed E-state index contributed by atoms with van der Waals surface area (Å²) in [7, 11) is 0. The predicted molar refractivity (Wildman–Crippen MR) is 140 cm³/mol. The smallest absolute Gasteiger partial charge is 0.253 e. The molecule has 2 amide bonds. The zero-order valence-electron chi connectivity index (χ0n) is 19.3. The molecular formula is C30H23N3O3. The Morgan fingerprint density at radius 2 is 1.22 bits per heavy atom. The van der Waals surface area contributed by atoms with E-state index in [1.807, 2.05) is 66.7 Å². The normalized spacial score (nSPS) is 11.8. The van der Waals surface area contributed by atoms with E-state index in [4.69, 9.17) is 5.73 Å². The van der Waals surface area contributed by atoms with Crippen molar-refractivity contribution < 1.29 is 14.4 Å². The fraction of sp³-hybridized carbons (Fsp3) is 0.0667. The van der Waals surface area contributed by atoms with E-state index in [2.05, 4.69) is 10.3 Å². The highest BCUT2D eigenvalue weighted by molar-refractivity contribution is 6.16. The van der Waals surface area contributed by atoms with Crippen LogP contribution in [0, 0.1) is 0 Å². The summed E-state index contributed by atoms with van der Waals surface area (Å²) in [6.07, 6.45) is 0.196. The van der Waals surface area contributed by atoms with Crippen molar-refractivity contribution in [3.63, 3.8) is 0 Å². The summed E-state index contributed by atoms with van der Waals surface area (Å²) >= 11 is 0. The van der Waals surface area contributed by atoms with Gasteiger partial charge in [-0.2, -0.15) is 0 Å². The van der Waals surface area contributed by atoms with E-state index in [1.54, 1.807) is 36.4 Å². The van der Waals surface area contributed by atoms with Crippen LogP contribution in [0.25, 0.3) is 21.8 Å². The molecule has 1 aromatic heterocycles. The molecule has 0 fully saturated rings. The first-order chi connectivity index (χ1) is 17.5. The van der Waals surface area contributed by atoms with Crippen molar-refractivity contribution in [2.75, 3.05) is 0 Å². The minimum atomic E-state index is -0.932. The fourth-order valence-corrected chi connectivity index (χ4v) is 4.32. The van der Waals surface area contributed by atoms with Crippen molar-refractivity contribution >= 4 is 39.4 Å².